The molecular formula is C13H16BrFN2O. The summed E-state index contributed by atoms with van der Waals surface area (Å²) in [6.07, 6.45) is 2.64. The van der Waals surface area contributed by atoms with Gasteiger partial charge < -0.3 is 11.1 Å². The van der Waals surface area contributed by atoms with Crippen molar-refractivity contribution in [2.24, 2.45) is 11.1 Å². The highest BCUT2D eigenvalue weighted by molar-refractivity contribution is 9.10. The van der Waals surface area contributed by atoms with Crippen LogP contribution in [0, 0.1) is 11.2 Å². The summed E-state index contributed by atoms with van der Waals surface area (Å²) in [6, 6.07) is 4.30. The first-order valence-corrected chi connectivity index (χ1v) is 6.75. The van der Waals surface area contributed by atoms with Gasteiger partial charge >= 0.3 is 0 Å². The van der Waals surface area contributed by atoms with Crippen molar-refractivity contribution in [2.45, 2.75) is 32.2 Å². The van der Waals surface area contributed by atoms with Crippen molar-refractivity contribution in [3.63, 3.8) is 0 Å². The molecule has 1 aromatic rings. The zero-order valence-corrected chi connectivity index (χ0v) is 11.8. The molecule has 1 fully saturated rings. The Morgan fingerprint density at radius 1 is 1.61 bits per heavy atom. The SMILES string of the molecule is CC1(C(=O)Nc2ccc(F)c(Br)c2)CCCC1N. The van der Waals surface area contributed by atoms with Gasteiger partial charge in [-0.2, -0.15) is 0 Å². The summed E-state index contributed by atoms with van der Waals surface area (Å²) in [5.74, 6) is -0.442. The van der Waals surface area contributed by atoms with Crippen LogP contribution in [0.4, 0.5) is 10.1 Å². The quantitative estimate of drug-likeness (QED) is 0.881. The van der Waals surface area contributed by atoms with Crippen molar-refractivity contribution in [1.29, 1.82) is 0 Å². The fourth-order valence-electron chi connectivity index (χ4n) is 2.32. The Bertz CT molecular complexity index is 480. The molecule has 2 unspecified atom stereocenters. The number of anilines is 1. The lowest BCUT2D eigenvalue weighted by atomic mass is 9.84. The fraction of sp³-hybridized carbons (Fsp3) is 0.462. The van der Waals surface area contributed by atoms with Gasteiger partial charge in [0.25, 0.3) is 0 Å². The molecule has 0 aromatic heterocycles. The smallest absolute Gasteiger partial charge is 0.231 e. The number of nitrogens with two attached hydrogens (primary N) is 1. The van der Waals surface area contributed by atoms with Crippen molar-refractivity contribution in [2.75, 3.05) is 5.32 Å². The third-order valence-corrected chi connectivity index (χ3v) is 4.33. The van der Waals surface area contributed by atoms with Crippen LogP contribution < -0.4 is 11.1 Å². The second-order valence-electron chi connectivity index (χ2n) is 5.00. The summed E-state index contributed by atoms with van der Waals surface area (Å²) in [4.78, 5) is 12.2. The fourth-order valence-corrected chi connectivity index (χ4v) is 2.70. The third-order valence-electron chi connectivity index (χ3n) is 3.73. The highest BCUT2D eigenvalue weighted by Crippen LogP contribution is 2.37. The van der Waals surface area contributed by atoms with Crippen LogP contribution in [-0.4, -0.2) is 11.9 Å². The first-order valence-electron chi connectivity index (χ1n) is 5.95. The highest BCUT2D eigenvalue weighted by atomic mass is 79.9. The molecule has 0 bridgehead atoms. The summed E-state index contributed by atoms with van der Waals surface area (Å²) in [5.41, 5.74) is 6.04. The maximum absolute atomic E-state index is 13.1. The van der Waals surface area contributed by atoms with Gasteiger partial charge in [-0.3, -0.25) is 4.79 Å². The van der Waals surface area contributed by atoms with Gasteiger partial charge in [-0.25, -0.2) is 4.39 Å². The molecule has 0 heterocycles. The van der Waals surface area contributed by atoms with Crippen molar-refractivity contribution in [3.05, 3.63) is 28.5 Å². The molecule has 98 valence electrons. The van der Waals surface area contributed by atoms with E-state index in [1.165, 1.54) is 6.07 Å². The van der Waals surface area contributed by atoms with Crippen LogP contribution in [0.5, 0.6) is 0 Å². The van der Waals surface area contributed by atoms with E-state index in [9.17, 15) is 9.18 Å². The van der Waals surface area contributed by atoms with Gasteiger partial charge in [0.15, 0.2) is 0 Å². The number of amides is 1. The van der Waals surface area contributed by atoms with Crippen molar-refractivity contribution >= 4 is 27.5 Å². The number of nitrogens with one attached hydrogen (secondary N) is 1. The average molecular weight is 315 g/mol. The summed E-state index contributed by atoms with van der Waals surface area (Å²) < 4.78 is 13.4. The Balaban J connectivity index is 2.14. The lowest BCUT2D eigenvalue weighted by molar-refractivity contribution is -0.125. The molecule has 1 aromatic carbocycles. The Labute approximate surface area is 114 Å². The Morgan fingerprint density at radius 2 is 2.33 bits per heavy atom. The van der Waals surface area contributed by atoms with Gasteiger partial charge in [-0.15, -0.1) is 0 Å². The minimum atomic E-state index is -0.527. The third kappa shape index (κ3) is 2.42. The van der Waals surface area contributed by atoms with E-state index in [1.54, 1.807) is 12.1 Å². The molecule has 5 heteroatoms. The number of carbonyl (C=O) groups is 1. The van der Waals surface area contributed by atoms with Crippen LogP contribution in [0.3, 0.4) is 0 Å². The maximum atomic E-state index is 13.1. The van der Waals surface area contributed by atoms with Crippen LogP contribution in [0.25, 0.3) is 0 Å². The van der Waals surface area contributed by atoms with Crippen molar-refractivity contribution < 1.29 is 9.18 Å². The minimum absolute atomic E-state index is 0.0917. The largest absolute Gasteiger partial charge is 0.327 e. The van der Waals surface area contributed by atoms with Crippen LogP contribution in [0.1, 0.15) is 26.2 Å². The number of carbonyl (C=O) groups excluding carboxylic acids is 1. The van der Waals surface area contributed by atoms with Gasteiger partial charge in [-0.1, -0.05) is 6.42 Å². The molecule has 0 spiro atoms. The summed E-state index contributed by atoms with van der Waals surface area (Å²) in [7, 11) is 0. The van der Waals surface area contributed by atoms with Gasteiger partial charge in [0.2, 0.25) is 5.91 Å². The second kappa shape index (κ2) is 4.97. The molecule has 2 atom stereocenters. The van der Waals surface area contributed by atoms with Crippen molar-refractivity contribution in [3.8, 4) is 0 Å². The Kier molecular flexibility index (Phi) is 3.73. The molecule has 1 aliphatic carbocycles. The topological polar surface area (TPSA) is 55.1 Å². The highest BCUT2D eigenvalue weighted by Gasteiger charge is 2.42. The molecule has 1 saturated carbocycles. The Morgan fingerprint density at radius 3 is 2.89 bits per heavy atom. The lowest BCUT2D eigenvalue weighted by Crippen LogP contribution is -2.44. The van der Waals surface area contributed by atoms with Crippen LogP contribution in [-0.2, 0) is 4.79 Å². The normalized spacial score (nSPS) is 27.2. The first kappa shape index (κ1) is 13.5. The van der Waals surface area contributed by atoms with Gasteiger partial charge in [0, 0.05) is 11.7 Å². The number of benzene rings is 1. The summed E-state index contributed by atoms with van der Waals surface area (Å²) >= 11 is 3.09. The molecule has 3 nitrogen and oxygen atoms in total. The number of rotatable bonds is 2. The second-order valence-corrected chi connectivity index (χ2v) is 5.85. The molecule has 2 rings (SSSR count). The first-order chi connectivity index (χ1) is 8.43. The molecule has 0 radical (unpaired) electrons. The standard InChI is InChI=1S/C13H16BrFN2O/c1-13(6-2-3-11(13)16)12(18)17-8-4-5-10(15)9(14)7-8/h4-5,7,11H,2-3,6,16H2,1H3,(H,17,18). The molecule has 18 heavy (non-hydrogen) atoms. The van der Waals surface area contributed by atoms with Crippen LogP contribution in [0.15, 0.2) is 22.7 Å². The molecule has 1 aliphatic rings. The summed E-state index contributed by atoms with van der Waals surface area (Å²) in [5, 5.41) is 2.81. The minimum Gasteiger partial charge on any atom is -0.327 e. The summed E-state index contributed by atoms with van der Waals surface area (Å²) in [6.45, 7) is 1.89. The van der Waals surface area contributed by atoms with Crippen LogP contribution in [0.2, 0.25) is 0 Å². The lowest BCUT2D eigenvalue weighted by Gasteiger charge is -2.27. The molecule has 3 N–H and O–H groups in total. The number of hydrogen-bond acceptors (Lipinski definition) is 2. The van der Waals surface area contributed by atoms with E-state index in [2.05, 4.69) is 21.2 Å². The van der Waals surface area contributed by atoms with Gasteiger partial charge in [0.1, 0.15) is 5.82 Å². The van der Waals surface area contributed by atoms with Crippen LogP contribution >= 0.6 is 15.9 Å². The zero-order valence-electron chi connectivity index (χ0n) is 10.2. The number of hydrogen-bond donors (Lipinski definition) is 2. The molecular weight excluding hydrogens is 299 g/mol. The predicted molar refractivity (Wildman–Crippen MR) is 72.7 cm³/mol. The zero-order chi connectivity index (χ0) is 13.3. The maximum Gasteiger partial charge on any atom is 0.231 e. The van der Waals surface area contributed by atoms with E-state index in [4.69, 9.17) is 5.73 Å². The predicted octanol–water partition coefficient (Wildman–Crippen LogP) is 3.04. The van der Waals surface area contributed by atoms with Crippen molar-refractivity contribution in [1.82, 2.24) is 0 Å². The van der Waals surface area contributed by atoms with E-state index in [0.29, 0.717) is 10.2 Å². The number of halogens is 2. The van der Waals surface area contributed by atoms with E-state index >= 15 is 0 Å². The van der Waals surface area contributed by atoms with E-state index < -0.39 is 5.41 Å². The van der Waals surface area contributed by atoms with E-state index in [1.807, 2.05) is 6.92 Å². The Hall–Kier alpha value is -0.940. The van der Waals surface area contributed by atoms with Gasteiger partial charge in [-0.05, 0) is 53.9 Å². The van der Waals surface area contributed by atoms with Gasteiger partial charge in [0.05, 0.1) is 9.89 Å². The van der Waals surface area contributed by atoms with E-state index in [0.717, 1.165) is 19.3 Å². The monoisotopic (exact) mass is 314 g/mol. The molecule has 0 saturated heterocycles. The molecule has 1 amide bonds. The average Bonchev–Trinajstić information content (AvgIpc) is 2.66. The van der Waals surface area contributed by atoms with E-state index in [-0.39, 0.29) is 17.8 Å². The molecule has 0 aliphatic heterocycles.